The summed E-state index contributed by atoms with van der Waals surface area (Å²) < 4.78 is 0. The van der Waals surface area contributed by atoms with E-state index in [0.717, 1.165) is 31.5 Å². The van der Waals surface area contributed by atoms with Crippen molar-refractivity contribution in [2.45, 2.75) is 38.3 Å². The van der Waals surface area contributed by atoms with E-state index in [9.17, 15) is 9.59 Å². The highest BCUT2D eigenvalue weighted by molar-refractivity contribution is 7.08. The minimum absolute atomic E-state index is 0.0905. The molecule has 1 aromatic rings. The van der Waals surface area contributed by atoms with Crippen molar-refractivity contribution in [1.82, 2.24) is 14.7 Å². The van der Waals surface area contributed by atoms with Gasteiger partial charge in [-0.2, -0.15) is 11.3 Å². The van der Waals surface area contributed by atoms with Crippen LogP contribution >= 0.6 is 11.3 Å². The van der Waals surface area contributed by atoms with E-state index in [1.807, 2.05) is 33.7 Å². The highest BCUT2D eigenvalue weighted by Crippen LogP contribution is 2.34. The Morgan fingerprint density at radius 1 is 1.22 bits per heavy atom. The van der Waals surface area contributed by atoms with Crippen molar-refractivity contribution >= 4 is 23.2 Å². The number of nitrogens with zero attached hydrogens (tertiary/aromatic N) is 3. The molecule has 1 aromatic heterocycles. The molecule has 3 rings (SSSR count). The molecule has 0 atom stereocenters. The number of piperidine rings is 1. The van der Waals surface area contributed by atoms with Crippen LogP contribution in [-0.2, 0) is 4.79 Å². The molecule has 0 bridgehead atoms. The van der Waals surface area contributed by atoms with Gasteiger partial charge in [0.1, 0.15) is 5.54 Å². The van der Waals surface area contributed by atoms with Crippen molar-refractivity contribution in [3.05, 3.63) is 22.4 Å². The SMILES string of the molecule is CC(C)N1CCN(C)C2(CCN(C(=O)c3ccsc3)CC2)C1=O. The summed E-state index contributed by atoms with van der Waals surface area (Å²) in [4.78, 5) is 31.6. The minimum Gasteiger partial charge on any atom is -0.338 e. The van der Waals surface area contributed by atoms with E-state index >= 15 is 0 Å². The van der Waals surface area contributed by atoms with Crippen LogP contribution < -0.4 is 0 Å². The molecule has 2 aliphatic heterocycles. The van der Waals surface area contributed by atoms with Crippen LogP contribution in [0, 0.1) is 0 Å². The first kappa shape index (κ1) is 16.5. The molecule has 0 aliphatic carbocycles. The number of piperazine rings is 1. The van der Waals surface area contributed by atoms with Gasteiger partial charge in [-0.1, -0.05) is 0 Å². The van der Waals surface area contributed by atoms with Gasteiger partial charge >= 0.3 is 0 Å². The largest absolute Gasteiger partial charge is 0.338 e. The van der Waals surface area contributed by atoms with Gasteiger partial charge in [-0.25, -0.2) is 0 Å². The lowest BCUT2D eigenvalue weighted by Crippen LogP contribution is -2.68. The topological polar surface area (TPSA) is 43.9 Å². The first-order valence-electron chi connectivity index (χ1n) is 8.29. The van der Waals surface area contributed by atoms with Gasteiger partial charge in [0.15, 0.2) is 0 Å². The number of rotatable bonds is 2. The van der Waals surface area contributed by atoms with Crippen molar-refractivity contribution in [3.63, 3.8) is 0 Å². The molecule has 0 N–H and O–H groups in total. The second kappa shape index (κ2) is 6.24. The maximum atomic E-state index is 13.0. The van der Waals surface area contributed by atoms with Crippen LogP contribution in [-0.4, -0.2) is 71.3 Å². The summed E-state index contributed by atoms with van der Waals surface area (Å²) in [6.07, 6.45) is 1.45. The zero-order chi connectivity index (χ0) is 16.6. The second-order valence-corrected chi connectivity index (χ2v) is 7.63. The normalized spacial score (nSPS) is 22.2. The molecule has 0 unspecified atom stereocenters. The van der Waals surface area contributed by atoms with E-state index in [2.05, 4.69) is 18.7 Å². The van der Waals surface area contributed by atoms with Gasteiger partial charge < -0.3 is 9.80 Å². The minimum atomic E-state index is -0.423. The van der Waals surface area contributed by atoms with E-state index in [0.29, 0.717) is 13.1 Å². The smallest absolute Gasteiger partial charge is 0.254 e. The third-order valence-corrected chi connectivity index (χ3v) is 6.02. The molecule has 2 amide bonds. The summed E-state index contributed by atoms with van der Waals surface area (Å²) >= 11 is 1.54. The lowest BCUT2D eigenvalue weighted by atomic mass is 9.82. The van der Waals surface area contributed by atoms with Crippen molar-refractivity contribution < 1.29 is 9.59 Å². The number of likely N-dealkylation sites (N-methyl/N-ethyl adjacent to an activating group) is 1. The Morgan fingerprint density at radius 3 is 2.48 bits per heavy atom. The summed E-state index contributed by atoms with van der Waals surface area (Å²) in [7, 11) is 2.05. The van der Waals surface area contributed by atoms with Gasteiger partial charge in [-0.15, -0.1) is 0 Å². The number of amides is 2. The molecule has 2 aliphatic rings. The lowest BCUT2D eigenvalue weighted by Gasteiger charge is -2.52. The fraction of sp³-hybridized carbons (Fsp3) is 0.647. The molecule has 1 spiro atoms. The Labute approximate surface area is 141 Å². The maximum absolute atomic E-state index is 13.0. The van der Waals surface area contributed by atoms with Gasteiger partial charge in [-0.3, -0.25) is 14.5 Å². The molecule has 0 radical (unpaired) electrons. The summed E-state index contributed by atoms with van der Waals surface area (Å²) in [6, 6.07) is 2.11. The fourth-order valence-corrected chi connectivity index (χ4v) is 4.37. The third kappa shape index (κ3) is 2.78. The number of thiophene rings is 1. The van der Waals surface area contributed by atoms with Gasteiger partial charge in [0.2, 0.25) is 5.91 Å². The van der Waals surface area contributed by atoms with Gasteiger partial charge in [0.05, 0.1) is 5.56 Å². The van der Waals surface area contributed by atoms with Crippen LogP contribution in [0.4, 0.5) is 0 Å². The van der Waals surface area contributed by atoms with Gasteiger partial charge in [0, 0.05) is 37.6 Å². The predicted molar refractivity (Wildman–Crippen MR) is 91.7 cm³/mol. The Balaban J connectivity index is 1.73. The zero-order valence-electron chi connectivity index (χ0n) is 14.1. The lowest BCUT2D eigenvalue weighted by molar-refractivity contribution is -0.155. The molecule has 23 heavy (non-hydrogen) atoms. The summed E-state index contributed by atoms with van der Waals surface area (Å²) in [5, 5.41) is 3.82. The van der Waals surface area contributed by atoms with E-state index in [1.165, 1.54) is 0 Å². The Hall–Kier alpha value is -1.40. The van der Waals surface area contributed by atoms with Crippen LogP contribution in [0.2, 0.25) is 0 Å². The predicted octanol–water partition coefficient (Wildman–Crippen LogP) is 1.91. The maximum Gasteiger partial charge on any atom is 0.254 e. The number of hydrogen-bond acceptors (Lipinski definition) is 4. The Kier molecular flexibility index (Phi) is 4.47. The van der Waals surface area contributed by atoms with Crippen molar-refractivity contribution in [2.75, 3.05) is 33.2 Å². The average Bonchev–Trinajstić information content (AvgIpc) is 3.07. The van der Waals surface area contributed by atoms with Crippen LogP contribution in [0.5, 0.6) is 0 Å². The fourth-order valence-electron chi connectivity index (χ4n) is 3.74. The van der Waals surface area contributed by atoms with Crippen molar-refractivity contribution in [1.29, 1.82) is 0 Å². The molecule has 2 saturated heterocycles. The number of carbonyl (C=O) groups excluding carboxylic acids is 2. The highest BCUT2D eigenvalue weighted by Gasteiger charge is 2.50. The summed E-state index contributed by atoms with van der Waals surface area (Å²) in [6.45, 7) is 7.15. The summed E-state index contributed by atoms with van der Waals surface area (Å²) in [5.41, 5.74) is 0.339. The quantitative estimate of drug-likeness (QED) is 0.829. The van der Waals surface area contributed by atoms with Gasteiger partial charge in [0.25, 0.3) is 5.91 Å². The Morgan fingerprint density at radius 2 is 1.91 bits per heavy atom. The molecular weight excluding hydrogens is 310 g/mol. The van der Waals surface area contributed by atoms with E-state index in [1.54, 1.807) is 11.3 Å². The van der Waals surface area contributed by atoms with Gasteiger partial charge in [-0.05, 0) is 45.2 Å². The number of hydrogen-bond donors (Lipinski definition) is 0. The summed E-state index contributed by atoms with van der Waals surface area (Å²) in [5.74, 6) is 0.330. The molecule has 5 nitrogen and oxygen atoms in total. The van der Waals surface area contributed by atoms with Crippen LogP contribution in [0.15, 0.2) is 16.8 Å². The molecule has 0 aromatic carbocycles. The molecule has 0 saturated carbocycles. The van der Waals surface area contributed by atoms with Crippen molar-refractivity contribution in [2.24, 2.45) is 0 Å². The first-order valence-corrected chi connectivity index (χ1v) is 9.24. The highest BCUT2D eigenvalue weighted by atomic mass is 32.1. The van der Waals surface area contributed by atoms with Crippen LogP contribution in [0.1, 0.15) is 37.0 Å². The number of likely N-dealkylation sites (tertiary alicyclic amines) is 1. The van der Waals surface area contributed by atoms with Crippen LogP contribution in [0.3, 0.4) is 0 Å². The third-order valence-electron chi connectivity index (χ3n) is 5.34. The van der Waals surface area contributed by atoms with E-state index in [4.69, 9.17) is 0 Å². The zero-order valence-corrected chi connectivity index (χ0v) is 14.9. The molecule has 6 heteroatoms. The average molecular weight is 335 g/mol. The number of carbonyl (C=O) groups is 2. The molecule has 3 heterocycles. The molecule has 2 fully saturated rings. The molecular formula is C17H25N3O2S. The van der Waals surface area contributed by atoms with Crippen LogP contribution in [0.25, 0.3) is 0 Å². The van der Waals surface area contributed by atoms with E-state index < -0.39 is 5.54 Å². The second-order valence-electron chi connectivity index (χ2n) is 6.85. The standard InChI is InChI=1S/C17H25N3O2S/c1-13(2)20-10-9-18(3)17(16(20)22)5-7-19(8-6-17)15(21)14-4-11-23-12-14/h4,11-13H,5-10H2,1-3H3. The van der Waals surface area contributed by atoms with Crippen molar-refractivity contribution in [3.8, 4) is 0 Å². The Bertz CT molecular complexity index is 577. The first-order chi connectivity index (χ1) is 11.0. The molecule has 126 valence electrons. The monoisotopic (exact) mass is 335 g/mol. The van der Waals surface area contributed by atoms with E-state index in [-0.39, 0.29) is 17.9 Å².